The molecule has 0 unspecified atom stereocenters. The fourth-order valence-electron chi connectivity index (χ4n) is 1.66. The SMILES string of the molecule is COc1cc(C(=O)NC(C)(C)CCC(=O)O)ccc1F. The number of halogens is 1. The van der Waals surface area contributed by atoms with Gasteiger partial charge in [0.1, 0.15) is 0 Å². The molecule has 6 heteroatoms. The number of amides is 1. The summed E-state index contributed by atoms with van der Waals surface area (Å²) in [5, 5.41) is 11.4. The first-order chi connectivity index (χ1) is 9.25. The van der Waals surface area contributed by atoms with Crippen molar-refractivity contribution in [3.8, 4) is 5.75 Å². The van der Waals surface area contributed by atoms with Gasteiger partial charge >= 0.3 is 5.97 Å². The van der Waals surface area contributed by atoms with Crippen LogP contribution in [0.3, 0.4) is 0 Å². The van der Waals surface area contributed by atoms with Gasteiger partial charge in [0, 0.05) is 17.5 Å². The minimum atomic E-state index is -0.921. The molecular weight excluding hydrogens is 265 g/mol. The number of hydrogen-bond acceptors (Lipinski definition) is 3. The molecule has 5 nitrogen and oxygen atoms in total. The molecule has 1 aromatic rings. The Morgan fingerprint density at radius 1 is 1.40 bits per heavy atom. The molecule has 0 aliphatic rings. The molecule has 1 amide bonds. The molecule has 0 spiro atoms. The Morgan fingerprint density at radius 3 is 2.60 bits per heavy atom. The van der Waals surface area contributed by atoms with Crippen LogP contribution in [-0.2, 0) is 4.79 Å². The van der Waals surface area contributed by atoms with Crippen molar-refractivity contribution >= 4 is 11.9 Å². The molecule has 110 valence electrons. The molecule has 0 heterocycles. The maximum atomic E-state index is 13.3. The van der Waals surface area contributed by atoms with E-state index in [-0.39, 0.29) is 17.7 Å². The zero-order valence-electron chi connectivity index (χ0n) is 11.7. The second-order valence-corrected chi connectivity index (χ2v) is 5.08. The highest BCUT2D eigenvalue weighted by Crippen LogP contribution is 2.19. The number of rotatable bonds is 6. The number of carboxylic acids is 1. The normalized spacial score (nSPS) is 11.0. The Bertz CT molecular complexity index is 514. The third-order valence-electron chi connectivity index (χ3n) is 2.83. The minimum Gasteiger partial charge on any atom is -0.494 e. The van der Waals surface area contributed by atoms with E-state index >= 15 is 0 Å². The van der Waals surface area contributed by atoms with Crippen molar-refractivity contribution in [1.29, 1.82) is 0 Å². The van der Waals surface area contributed by atoms with Crippen LogP contribution in [-0.4, -0.2) is 29.6 Å². The molecule has 20 heavy (non-hydrogen) atoms. The van der Waals surface area contributed by atoms with Gasteiger partial charge in [-0.05, 0) is 38.5 Å². The smallest absolute Gasteiger partial charge is 0.303 e. The lowest BCUT2D eigenvalue weighted by atomic mass is 9.97. The van der Waals surface area contributed by atoms with Crippen molar-refractivity contribution in [3.63, 3.8) is 0 Å². The van der Waals surface area contributed by atoms with Crippen LogP contribution in [0, 0.1) is 5.82 Å². The first-order valence-corrected chi connectivity index (χ1v) is 6.13. The minimum absolute atomic E-state index is 0.0130. The van der Waals surface area contributed by atoms with E-state index in [2.05, 4.69) is 5.32 Å². The number of methoxy groups -OCH3 is 1. The van der Waals surface area contributed by atoms with E-state index < -0.39 is 23.2 Å². The van der Waals surface area contributed by atoms with Gasteiger partial charge in [0.15, 0.2) is 11.6 Å². The van der Waals surface area contributed by atoms with Gasteiger partial charge in [0.2, 0.25) is 0 Å². The molecular formula is C14H18FNO4. The molecule has 0 radical (unpaired) electrons. The fraction of sp³-hybridized carbons (Fsp3) is 0.429. The van der Waals surface area contributed by atoms with Crippen molar-refractivity contribution in [2.24, 2.45) is 0 Å². The average Bonchev–Trinajstić information content (AvgIpc) is 2.36. The fourth-order valence-corrected chi connectivity index (χ4v) is 1.66. The highest BCUT2D eigenvalue weighted by atomic mass is 19.1. The molecule has 0 aliphatic carbocycles. The molecule has 1 aromatic carbocycles. The second-order valence-electron chi connectivity index (χ2n) is 5.08. The second kappa shape index (κ2) is 6.36. The van der Waals surface area contributed by atoms with Crippen LogP contribution in [0.4, 0.5) is 4.39 Å². The quantitative estimate of drug-likeness (QED) is 0.839. The number of carboxylic acid groups (broad SMARTS) is 1. The number of carbonyl (C=O) groups is 2. The standard InChI is InChI=1S/C14H18FNO4/c1-14(2,7-6-12(17)18)16-13(19)9-4-5-10(15)11(8-9)20-3/h4-5,8H,6-7H2,1-3H3,(H,16,19)(H,17,18). The van der Waals surface area contributed by atoms with Gasteiger partial charge in [-0.25, -0.2) is 4.39 Å². The van der Waals surface area contributed by atoms with E-state index in [4.69, 9.17) is 9.84 Å². The number of ether oxygens (including phenoxy) is 1. The van der Waals surface area contributed by atoms with E-state index in [0.29, 0.717) is 6.42 Å². The van der Waals surface area contributed by atoms with Crippen molar-refractivity contribution in [2.45, 2.75) is 32.2 Å². The topological polar surface area (TPSA) is 75.6 Å². The lowest BCUT2D eigenvalue weighted by Gasteiger charge is -2.25. The maximum absolute atomic E-state index is 13.3. The van der Waals surface area contributed by atoms with Gasteiger partial charge in [0.25, 0.3) is 5.91 Å². The molecule has 0 saturated heterocycles. The summed E-state index contributed by atoms with van der Waals surface area (Å²) in [6.45, 7) is 3.46. The largest absolute Gasteiger partial charge is 0.494 e. The van der Waals surface area contributed by atoms with E-state index in [1.165, 1.54) is 19.2 Å². The Hall–Kier alpha value is -2.11. The molecule has 1 rings (SSSR count). The van der Waals surface area contributed by atoms with Crippen LogP contribution in [0.5, 0.6) is 5.75 Å². The maximum Gasteiger partial charge on any atom is 0.303 e. The number of aliphatic carboxylic acids is 1. The molecule has 0 aromatic heterocycles. The molecule has 0 bridgehead atoms. The van der Waals surface area contributed by atoms with Crippen molar-refractivity contribution in [2.75, 3.05) is 7.11 Å². The Balaban J connectivity index is 2.77. The molecule has 0 atom stereocenters. The lowest BCUT2D eigenvalue weighted by Crippen LogP contribution is -2.43. The van der Waals surface area contributed by atoms with Gasteiger partial charge in [-0.3, -0.25) is 9.59 Å². The van der Waals surface area contributed by atoms with Crippen LogP contribution in [0.15, 0.2) is 18.2 Å². The van der Waals surface area contributed by atoms with Crippen LogP contribution >= 0.6 is 0 Å². The monoisotopic (exact) mass is 283 g/mol. The van der Waals surface area contributed by atoms with Gasteiger partial charge in [-0.1, -0.05) is 0 Å². The lowest BCUT2D eigenvalue weighted by molar-refractivity contribution is -0.137. The van der Waals surface area contributed by atoms with Gasteiger partial charge in [0.05, 0.1) is 7.11 Å². The van der Waals surface area contributed by atoms with Crippen molar-refractivity contribution in [1.82, 2.24) is 5.32 Å². The molecule has 2 N–H and O–H groups in total. The van der Waals surface area contributed by atoms with E-state index in [9.17, 15) is 14.0 Å². The van der Waals surface area contributed by atoms with E-state index in [1.54, 1.807) is 13.8 Å². The third-order valence-corrected chi connectivity index (χ3v) is 2.83. The third kappa shape index (κ3) is 4.53. The van der Waals surface area contributed by atoms with Gasteiger partial charge in [-0.15, -0.1) is 0 Å². The summed E-state index contributed by atoms with van der Waals surface area (Å²) in [7, 11) is 1.32. The van der Waals surface area contributed by atoms with Gasteiger partial charge < -0.3 is 15.2 Å². The Kier molecular flexibility index (Phi) is 5.07. The molecule has 0 aliphatic heterocycles. The van der Waals surface area contributed by atoms with Crippen LogP contribution < -0.4 is 10.1 Å². The first-order valence-electron chi connectivity index (χ1n) is 6.13. The highest BCUT2D eigenvalue weighted by Gasteiger charge is 2.22. The summed E-state index contributed by atoms with van der Waals surface area (Å²) in [6.07, 6.45) is 0.256. The van der Waals surface area contributed by atoms with Gasteiger partial charge in [-0.2, -0.15) is 0 Å². The summed E-state index contributed by atoms with van der Waals surface area (Å²) in [4.78, 5) is 22.6. The zero-order valence-corrected chi connectivity index (χ0v) is 11.7. The zero-order chi connectivity index (χ0) is 15.3. The summed E-state index contributed by atoms with van der Waals surface area (Å²) < 4.78 is 18.1. The Morgan fingerprint density at radius 2 is 2.05 bits per heavy atom. The average molecular weight is 283 g/mol. The summed E-state index contributed by atoms with van der Waals surface area (Å²) in [5.41, 5.74) is -0.413. The van der Waals surface area contributed by atoms with Crippen molar-refractivity contribution in [3.05, 3.63) is 29.6 Å². The number of hydrogen-bond donors (Lipinski definition) is 2. The predicted molar refractivity (Wildman–Crippen MR) is 71.4 cm³/mol. The van der Waals surface area contributed by atoms with Crippen LogP contribution in [0.1, 0.15) is 37.0 Å². The van der Waals surface area contributed by atoms with Crippen LogP contribution in [0.2, 0.25) is 0 Å². The first kappa shape index (κ1) is 15.9. The summed E-state index contributed by atoms with van der Waals surface area (Å²) in [6, 6.07) is 3.80. The number of benzene rings is 1. The van der Waals surface area contributed by atoms with Crippen LogP contribution in [0.25, 0.3) is 0 Å². The number of carbonyl (C=O) groups excluding carboxylic acids is 1. The highest BCUT2D eigenvalue weighted by molar-refractivity contribution is 5.95. The molecule has 0 fully saturated rings. The summed E-state index contributed by atoms with van der Waals surface area (Å²) in [5.74, 6) is -1.88. The summed E-state index contributed by atoms with van der Waals surface area (Å²) >= 11 is 0. The molecule has 0 saturated carbocycles. The predicted octanol–water partition coefficient (Wildman–Crippen LogP) is 2.21. The Labute approximate surface area is 116 Å². The van der Waals surface area contributed by atoms with Crippen molar-refractivity contribution < 1.29 is 23.8 Å². The van der Waals surface area contributed by atoms with E-state index in [0.717, 1.165) is 6.07 Å². The number of nitrogens with one attached hydrogen (secondary N) is 1. The van der Waals surface area contributed by atoms with E-state index in [1.807, 2.05) is 0 Å².